The van der Waals surface area contributed by atoms with Crippen LogP contribution in [0.3, 0.4) is 0 Å². The third-order valence-electron chi connectivity index (χ3n) is 17.2. The maximum absolute atomic E-state index is 15.4. The van der Waals surface area contributed by atoms with Crippen LogP contribution in [-0.2, 0) is 6.54 Å². The van der Waals surface area contributed by atoms with Gasteiger partial charge in [0.25, 0.3) is 17.7 Å². The third kappa shape index (κ3) is 16.3. The average Bonchev–Trinajstić information content (AvgIpc) is 1.72. The van der Waals surface area contributed by atoms with Crippen molar-refractivity contribution in [1.82, 2.24) is 68.5 Å². The molecule has 8 N–H and O–H groups in total. The Balaban J connectivity index is 0.000000177. The highest BCUT2D eigenvalue weighted by molar-refractivity contribution is 6.32. The molecule has 1 aliphatic heterocycles. The number of benzene rings is 3. The second-order valence-electron chi connectivity index (χ2n) is 26.0. The summed E-state index contributed by atoms with van der Waals surface area (Å²) >= 11 is 18.8. The van der Waals surface area contributed by atoms with E-state index in [1.807, 2.05) is 82.4 Å². The predicted molar refractivity (Wildman–Crippen MR) is 386 cm³/mol. The lowest BCUT2D eigenvalue weighted by molar-refractivity contribution is 0.0814. The predicted octanol–water partition coefficient (Wildman–Crippen LogP) is 13.2. The van der Waals surface area contributed by atoms with E-state index >= 15 is 8.78 Å². The molecule has 1 fully saturated rings. The van der Waals surface area contributed by atoms with Crippen molar-refractivity contribution < 1.29 is 41.8 Å². The number of aromatic nitrogens is 10. The van der Waals surface area contributed by atoms with Crippen LogP contribution < -0.4 is 42.0 Å². The average molecular weight is 1450 g/mol. The molecule has 7 aromatic heterocycles. The molecule has 0 saturated carbocycles. The number of imidazole rings is 3. The van der Waals surface area contributed by atoms with Gasteiger partial charge in [-0.3, -0.25) is 32.6 Å². The minimum Gasteiger partial charge on any atom is -0.490 e. The Hall–Kier alpha value is -9.50. The number of piperidine rings is 1. The van der Waals surface area contributed by atoms with E-state index < -0.39 is 41.1 Å². The van der Waals surface area contributed by atoms with Gasteiger partial charge in [-0.15, -0.1) is 0 Å². The fourth-order valence-corrected chi connectivity index (χ4v) is 12.9. The molecule has 0 bridgehead atoms. The summed E-state index contributed by atoms with van der Waals surface area (Å²) in [7, 11) is 5.18. The lowest BCUT2D eigenvalue weighted by atomic mass is 9.95. The zero-order chi connectivity index (χ0) is 73.7. The molecule has 1 saturated heterocycles. The van der Waals surface area contributed by atoms with E-state index in [9.17, 15) is 18.8 Å². The first-order chi connectivity index (χ1) is 47.8. The molecule has 23 nitrogen and oxygen atoms in total. The van der Waals surface area contributed by atoms with Gasteiger partial charge in [-0.1, -0.05) is 61.6 Å². The van der Waals surface area contributed by atoms with Gasteiger partial charge in [0, 0.05) is 98.5 Å². The molecule has 11 rings (SSSR count). The lowest BCUT2D eigenvalue weighted by Gasteiger charge is -2.29. The van der Waals surface area contributed by atoms with Crippen molar-refractivity contribution in [2.24, 2.45) is 5.92 Å². The zero-order valence-corrected chi connectivity index (χ0v) is 61.4. The number of aryl methyl sites for hydroxylation is 3. The third-order valence-corrected chi connectivity index (χ3v) is 18.0. The number of carbonyl (C=O) groups is 3. The number of pyridine rings is 1. The first-order valence-electron chi connectivity index (χ1n) is 33.0. The maximum atomic E-state index is 15.4. The number of ether oxygens (including phenoxy) is 3. The summed E-state index contributed by atoms with van der Waals surface area (Å²) in [6, 6.07) is 9.84. The molecular weight excluding hydrogens is 1360 g/mol. The molecule has 10 aromatic rings. The summed E-state index contributed by atoms with van der Waals surface area (Å²) < 4.78 is 69.3. The van der Waals surface area contributed by atoms with Gasteiger partial charge >= 0.3 is 0 Å². The topological polar surface area (TPSA) is 291 Å². The van der Waals surface area contributed by atoms with E-state index in [-0.39, 0.29) is 85.7 Å². The largest absolute Gasteiger partial charge is 0.490 e. The minimum atomic E-state index is -0.852. The molecule has 29 heteroatoms. The Bertz CT molecular complexity index is 4710. The number of nitrogen functional groups attached to an aromatic ring is 3. The fourth-order valence-electron chi connectivity index (χ4n) is 12.3. The highest BCUT2D eigenvalue weighted by Gasteiger charge is 2.35. The van der Waals surface area contributed by atoms with Crippen molar-refractivity contribution in [2.75, 3.05) is 58.0 Å². The van der Waals surface area contributed by atoms with E-state index in [0.29, 0.717) is 97.7 Å². The number of nitrogens with one attached hydrogen (secondary N) is 2. The summed E-state index contributed by atoms with van der Waals surface area (Å²) in [5.74, 6) is -1.55. The van der Waals surface area contributed by atoms with Crippen LogP contribution >= 0.6 is 34.8 Å². The Morgan fingerprint density at radius 3 is 1.26 bits per heavy atom. The Morgan fingerprint density at radius 2 is 0.911 bits per heavy atom. The molecule has 0 radical (unpaired) electrons. The number of nitrogens with two attached hydrogens (primary N) is 3. The number of nitrogens with zero attached hydrogens (tertiary/aromatic N) is 12. The Morgan fingerprint density at radius 1 is 0.554 bits per heavy atom. The number of hydrogen-bond donors (Lipinski definition) is 5. The first-order valence-corrected chi connectivity index (χ1v) is 34.1. The zero-order valence-electron chi connectivity index (χ0n) is 59.1. The fraction of sp³-hybridized carbons (Fsp3) is 0.389. The molecule has 3 amide bonds. The molecule has 101 heavy (non-hydrogen) atoms. The molecule has 3 aromatic carbocycles. The summed E-state index contributed by atoms with van der Waals surface area (Å²) in [4.78, 5) is 73.6. The van der Waals surface area contributed by atoms with Gasteiger partial charge in [-0.2, -0.15) is 0 Å². The standard InChI is InChI=1S/C26H34ClFN6O2.C25H26ClFN6O2.C21H25ClFN5O2/c1-14(2)36-23-18(15(3)25-32-16(4)22-24(29)30-8-11-34(22)25)12-19(27)21(28)20(23)26(35)31-13-17-6-9-33(5)10-7-17;1-13(2)35-22-17(14(3)24-32-15(4)21-23(28)30-9-10-33(21)24)11-18(26)20(27)19(22)25(34)31-12-16-7-5-6-8-29-16;1-10(2)30-18-13(9-14(22)16(23)15(18)21(29)27(5)6)11(3)20-26-12(4)17-19(24)25-7-8-28(17)20/h8,11-12,14-15,17H,6-7,9-10,13H2,1-5H3,(H2,29,30)(H,31,35);5-11,13-14H,12H2,1-4H3,(H2,28,30)(H,31,34);7-11H,1-6H3,(H2,24,25)/t;14-;/m.0./s1. The van der Waals surface area contributed by atoms with Crippen LogP contribution in [0.5, 0.6) is 17.2 Å². The summed E-state index contributed by atoms with van der Waals surface area (Å²) in [6.45, 7) is 24.7. The number of carbonyl (C=O) groups excluding carboxylic acids is 3. The van der Waals surface area contributed by atoms with Crippen LogP contribution in [0, 0.1) is 44.1 Å². The normalized spacial score (nSPS) is 13.6. The quantitative estimate of drug-likeness (QED) is 0.0503. The van der Waals surface area contributed by atoms with Crippen molar-refractivity contribution in [3.63, 3.8) is 0 Å². The molecular formula is C72H85Cl3F3N17O6. The Labute approximate surface area is 599 Å². The summed E-state index contributed by atoms with van der Waals surface area (Å²) in [5, 5.41) is 5.16. The number of likely N-dealkylation sites (tertiary alicyclic amines) is 1. The monoisotopic (exact) mass is 1450 g/mol. The van der Waals surface area contributed by atoms with Crippen LogP contribution in [0.25, 0.3) is 16.6 Å². The number of anilines is 3. The van der Waals surface area contributed by atoms with Gasteiger partial charge in [0.1, 0.15) is 85.4 Å². The summed E-state index contributed by atoms with van der Waals surface area (Å²) in [6.07, 6.45) is 12.7. The van der Waals surface area contributed by atoms with E-state index in [4.69, 9.17) is 76.2 Å². The SMILES string of the molecule is Cc1nc(C(C)c2cc(Cl)c(F)c(C(=O)N(C)C)c2OC(C)C)n2ccnc(N)c12.Cc1nc(C(C)c2cc(Cl)c(F)c(C(=O)NCC3CCN(C)CC3)c2OC(C)C)n2ccnc(N)c12.Cc1nc([C@@H](C)c2cc(Cl)c(F)c(C(=O)NCc3ccccn3)c2OC(C)C)n2ccnc(N)c12. The van der Waals surface area contributed by atoms with Crippen LogP contribution in [0.2, 0.25) is 15.1 Å². The van der Waals surface area contributed by atoms with Crippen molar-refractivity contribution in [3.8, 4) is 17.2 Å². The lowest BCUT2D eigenvalue weighted by Crippen LogP contribution is -2.37. The van der Waals surface area contributed by atoms with Gasteiger partial charge in [0.05, 0.1) is 62.7 Å². The highest BCUT2D eigenvalue weighted by Crippen LogP contribution is 2.44. The smallest absolute Gasteiger partial charge is 0.260 e. The van der Waals surface area contributed by atoms with Gasteiger partial charge in [0.2, 0.25) is 0 Å². The molecule has 2 unspecified atom stereocenters. The molecule has 0 spiro atoms. The highest BCUT2D eigenvalue weighted by atomic mass is 35.5. The second kappa shape index (κ2) is 32.0. The van der Waals surface area contributed by atoms with Crippen molar-refractivity contribution in [3.05, 3.63) is 186 Å². The van der Waals surface area contributed by atoms with Crippen molar-refractivity contribution >= 4 is 86.5 Å². The molecule has 536 valence electrons. The molecule has 3 atom stereocenters. The van der Waals surface area contributed by atoms with E-state index in [1.54, 1.807) is 89.5 Å². The van der Waals surface area contributed by atoms with E-state index in [0.717, 1.165) is 31.6 Å². The summed E-state index contributed by atoms with van der Waals surface area (Å²) in [5.41, 5.74) is 24.1. The number of amides is 3. The second-order valence-corrected chi connectivity index (χ2v) is 27.2. The van der Waals surface area contributed by atoms with E-state index in [2.05, 4.69) is 47.5 Å². The molecule has 0 aliphatic carbocycles. The van der Waals surface area contributed by atoms with Gasteiger partial charge in [-0.25, -0.2) is 43.1 Å². The number of hydrogen-bond acceptors (Lipinski definition) is 17. The molecule has 1 aliphatic rings. The van der Waals surface area contributed by atoms with E-state index in [1.165, 1.54) is 23.1 Å². The Kier molecular flexibility index (Phi) is 24.0. The minimum absolute atomic E-state index is 0.115. The molecule has 8 heterocycles. The van der Waals surface area contributed by atoms with Crippen molar-refractivity contribution in [2.45, 2.75) is 139 Å². The van der Waals surface area contributed by atoms with Crippen LogP contribution in [0.1, 0.15) is 181 Å². The number of fused-ring (bicyclic) bond motifs is 3. The van der Waals surface area contributed by atoms with Crippen LogP contribution in [0.15, 0.2) is 79.8 Å². The van der Waals surface area contributed by atoms with Gasteiger partial charge in [-0.05, 0) is 132 Å². The first kappa shape index (κ1) is 75.7. The van der Waals surface area contributed by atoms with Gasteiger partial charge in [0.15, 0.2) is 17.5 Å². The maximum Gasteiger partial charge on any atom is 0.260 e. The number of rotatable bonds is 19. The van der Waals surface area contributed by atoms with Gasteiger partial charge < -0.3 is 51.8 Å². The van der Waals surface area contributed by atoms with Crippen molar-refractivity contribution in [1.29, 1.82) is 0 Å². The van der Waals surface area contributed by atoms with Crippen LogP contribution in [-0.4, -0.2) is 135 Å². The number of halogens is 6. The van der Waals surface area contributed by atoms with Crippen LogP contribution in [0.4, 0.5) is 30.6 Å².